The standard InChI is InChI=1S/C19H21N3O4S3/c1-12-5-6-15(26-12)10-20-29(24,25)16-9-14(11-27-16)18-21-13(2)17(28-18)19(23)22-7-3-4-8-22/h5-6,9,11,20H,3-4,7-8,10H2,1-2H3. The summed E-state index contributed by atoms with van der Waals surface area (Å²) in [7, 11) is -3.66. The van der Waals surface area contributed by atoms with Crippen molar-refractivity contribution < 1.29 is 17.6 Å². The zero-order valence-electron chi connectivity index (χ0n) is 16.1. The lowest BCUT2D eigenvalue weighted by atomic mass is 10.3. The second-order valence-electron chi connectivity index (χ2n) is 6.92. The number of carbonyl (C=O) groups is 1. The van der Waals surface area contributed by atoms with Crippen LogP contribution in [-0.2, 0) is 16.6 Å². The van der Waals surface area contributed by atoms with E-state index in [9.17, 15) is 13.2 Å². The molecule has 0 bridgehead atoms. The van der Waals surface area contributed by atoms with Gasteiger partial charge in [-0.1, -0.05) is 0 Å². The molecule has 0 spiro atoms. The molecule has 1 amide bonds. The summed E-state index contributed by atoms with van der Waals surface area (Å²) in [6.45, 7) is 5.29. The second kappa shape index (κ2) is 8.02. The molecule has 4 heterocycles. The lowest BCUT2D eigenvalue weighted by Crippen LogP contribution is -2.27. The Kier molecular flexibility index (Phi) is 5.60. The van der Waals surface area contributed by atoms with Gasteiger partial charge < -0.3 is 9.32 Å². The second-order valence-corrected chi connectivity index (χ2v) is 10.8. The van der Waals surface area contributed by atoms with Gasteiger partial charge in [-0.25, -0.2) is 18.1 Å². The van der Waals surface area contributed by atoms with Gasteiger partial charge in [-0.2, -0.15) is 0 Å². The number of thiazole rings is 1. The van der Waals surface area contributed by atoms with Crippen LogP contribution < -0.4 is 4.72 Å². The van der Waals surface area contributed by atoms with Crippen LogP contribution in [0.3, 0.4) is 0 Å². The number of rotatable bonds is 6. The molecule has 1 N–H and O–H groups in total. The van der Waals surface area contributed by atoms with Crippen LogP contribution in [0.2, 0.25) is 0 Å². The van der Waals surface area contributed by atoms with E-state index in [0.29, 0.717) is 26.9 Å². The Labute approximate surface area is 177 Å². The first-order valence-electron chi connectivity index (χ1n) is 9.24. The van der Waals surface area contributed by atoms with Crippen molar-refractivity contribution in [3.05, 3.63) is 45.7 Å². The minimum absolute atomic E-state index is 0.0160. The molecule has 3 aromatic rings. The number of likely N-dealkylation sites (tertiary alicyclic amines) is 1. The average molecular weight is 452 g/mol. The number of nitrogens with one attached hydrogen (secondary N) is 1. The average Bonchev–Trinajstić information content (AvgIpc) is 3.46. The summed E-state index contributed by atoms with van der Waals surface area (Å²) in [6.07, 6.45) is 2.07. The van der Waals surface area contributed by atoms with E-state index in [4.69, 9.17) is 4.42 Å². The van der Waals surface area contributed by atoms with Crippen LogP contribution in [0.25, 0.3) is 10.6 Å². The van der Waals surface area contributed by atoms with E-state index in [0.717, 1.165) is 43.0 Å². The molecule has 154 valence electrons. The summed E-state index contributed by atoms with van der Waals surface area (Å²) in [5.74, 6) is 1.31. The number of carbonyl (C=O) groups excluding carboxylic acids is 1. The molecule has 0 aliphatic carbocycles. The number of hydrogen-bond donors (Lipinski definition) is 1. The fourth-order valence-electron chi connectivity index (χ4n) is 3.17. The van der Waals surface area contributed by atoms with Gasteiger partial charge in [-0.05, 0) is 44.9 Å². The van der Waals surface area contributed by atoms with Crippen molar-refractivity contribution in [2.75, 3.05) is 13.1 Å². The van der Waals surface area contributed by atoms with E-state index >= 15 is 0 Å². The molecule has 1 aliphatic rings. The topological polar surface area (TPSA) is 92.5 Å². The molecule has 10 heteroatoms. The Hall–Kier alpha value is -2.01. The quantitative estimate of drug-likeness (QED) is 0.615. The van der Waals surface area contributed by atoms with Gasteiger partial charge in [-0.15, -0.1) is 22.7 Å². The molecule has 29 heavy (non-hydrogen) atoms. The fourth-order valence-corrected chi connectivity index (χ4v) is 6.47. The number of aryl methyl sites for hydroxylation is 2. The summed E-state index contributed by atoms with van der Waals surface area (Å²) in [6, 6.07) is 5.14. The largest absolute Gasteiger partial charge is 0.465 e. The number of thiophene rings is 1. The maximum atomic E-state index is 12.7. The number of furan rings is 1. The van der Waals surface area contributed by atoms with E-state index in [1.54, 1.807) is 23.6 Å². The van der Waals surface area contributed by atoms with E-state index in [1.807, 2.05) is 18.7 Å². The van der Waals surface area contributed by atoms with Crippen LogP contribution in [-0.4, -0.2) is 37.3 Å². The molecule has 0 radical (unpaired) electrons. The predicted octanol–water partition coefficient (Wildman–Crippen LogP) is 3.80. The van der Waals surface area contributed by atoms with Gasteiger partial charge in [-0.3, -0.25) is 4.79 Å². The van der Waals surface area contributed by atoms with E-state index in [1.165, 1.54) is 11.3 Å². The summed E-state index contributed by atoms with van der Waals surface area (Å²) in [5, 5.41) is 2.41. The highest BCUT2D eigenvalue weighted by Gasteiger charge is 2.25. The molecule has 1 saturated heterocycles. The third-order valence-electron chi connectivity index (χ3n) is 4.70. The predicted molar refractivity (Wildman–Crippen MR) is 113 cm³/mol. The van der Waals surface area contributed by atoms with E-state index in [-0.39, 0.29) is 16.7 Å². The Morgan fingerprint density at radius 3 is 2.72 bits per heavy atom. The Morgan fingerprint density at radius 1 is 1.28 bits per heavy atom. The van der Waals surface area contributed by atoms with Crippen LogP contribution in [0, 0.1) is 13.8 Å². The Balaban J connectivity index is 1.51. The highest BCUT2D eigenvalue weighted by Crippen LogP contribution is 2.33. The van der Waals surface area contributed by atoms with Crippen molar-refractivity contribution in [3.63, 3.8) is 0 Å². The molecule has 0 aromatic carbocycles. The number of hydrogen-bond acceptors (Lipinski definition) is 7. The Bertz CT molecular complexity index is 1140. The molecule has 4 rings (SSSR count). The first-order chi connectivity index (χ1) is 13.8. The lowest BCUT2D eigenvalue weighted by molar-refractivity contribution is 0.0796. The maximum Gasteiger partial charge on any atom is 0.265 e. The van der Waals surface area contributed by atoms with Gasteiger partial charge in [0.05, 0.1) is 12.2 Å². The first-order valence-corrected chi connectivity index (χ1v) is 12.4. The van der Waals surface area contributed by atoms with E-state index in [2.05, 4.69) is 9.71 Å². The summed E-state index contributed by atoms with van der Waals surface area (Å²) < 4.78 is 33.3. The van der Waals surface area contributed by atoms with Crippen LogP contribution >= 0.6 is 22.7 Å². The molecule has 0 saturated carbocycles. The molecule has 1 aliphatic heterocycles. The minimum atomic E-state index is -3.66. The minimum Gasteiger partial charge on any atom is -0.465 e. The van der Waals surface area contributed by atoms with Crippen LogP contribution in [0.1, 0.15) is 39.7 Å². The summed E-state index contributed by atoms with van der Waals surface area (Å²) in [4.78, 5) is 19.7. The number of aromatic nitrogens is 1. The van der Waals surface area contributed by atoms with Gasteiger partial charge in [0, 0.05) is 24.0 Å². The van der Waals surface area contributed by atoms with Gasteiger partial charge in [0.25, 0.3) is 5.91 Å². The maximum absolute atomic E-state index is 12.7. The number of nitrogens with zero attached hydrogens (tertiary/aromatic N) is 2. The molecule has 0 atom stereocenters. The van der Waals surface area contributed by atoms with Crippen molar-refractivity contribution in [2.24, 2.45) is 0 Å². The molecule has 3 aromatic heterocycles. The zero-order valence-corrected chi connectivity index (χ0v) is 18.5. The van der Waals surface area contributed by atoms with Crippen molar-refractivity contribution in [1.82, 2.24) is 14.6 Å². The smallest absolute Gasteiger partial charge is 0.265 e. The third-order valence-corrected chi connectivity index (χ3v) is 8.74. The number of sulfonamides is 1. The summed E-state index contributed by atoms with van der Waals surface area (Å²) in [5.41, 5.74) is 1.39. The monoisotopic (exact) mass is 451 g/mol. The molecular formula is C19H21N3O4S3. The molecule has 1 fully saturated rings. The highest BCUT2D eigenvalue weighted by atomic mass is 32.2. The van der Waals surface area contributed by atoms with Crippen LogP contribution in [0.4, 0.5) is 0 Å². The molecule has 7 nitrogen and oxygen atoms in total. The number of amides is 1. The molecule has 0 unspecified atom stereocenters. The highest BCUT2D eigenvalue weighted by molar-refractivity contribution is 7.91. The van der Waals surface area contributed by atoms with Gasteiger partial charge in [0.15, 0.2) is 0 Å². The lowest BCUT2D eigenvalue weighted by Gasteiger charge is -2.13. The SMILES string of the molecule is Cc1ccc(CNS(=O)(=O)c2cc(-c3nc(C)c(C(=O)N4CCCC4)s3)cs2)o1. The Morgan fingerprint density at radius 2 is 2.03 bits per heavy atom. The van der Waals surface area contributed by atoms with Crippen LogP contribution in [0.15, 0.2) is 32.2 Å². The first kappa shape index (κ1) is 20.3. The van der Waals surface area contributed by atoms with Crippen molar-refractivity contribution in [2.45, 2.75) is 37.4 Å². The van der Waals surface area contributed by atoms with E-state index < -0.39 is 10.0 Å². The van der Waals surface area contributed by atoms with Gasteiger partial charge >= 0.3 is 0 Å². The normalized spacial score (nSPS) is 14.6. The zero-order chi connectivity index (χ0) is 20.6. The van der Waals surface area contributed by atoms with Crippen molar-refractivity contribution in [3.8, 4) is 10.6 Å². The van der Waals surface area contributed by atoms with Gasteiger partial charge in [0.2, 0.25) is 10.0 Å². The fraction of sp³-hybridized carbons (Fsp3) is 0.368. The third kappa shape index (κ3) is 4.30. The molecular weight excluding hydrogens is 430 g/mol. The summed E-state index contributed by atoms with van der Waals surface area (Å²) >= 11 is 2.45. The van der Waals surface area contributed by atoms with Gasteiger partial charge in [0.1, 0.15) is 25.6 Å². The van der Waals surface area contributed by atoms with Crippen molar-refractivity contribution >= 4 is 38.6 Å². The van der Waals surface area contributed by atoms with Crippen molar-refractivity contribution in [1.29, 1.82) is 0 Å². The van der Waals surface area contributed by atoms with Crippen LogP contribution in [0.5, 0.6) is 0 Å².